The van der Waals surface area contributed by atoms with E-state index >= 15 is 0 Å². The van der Waals surface area contributed by atoms with Crippen molar-refractivity contribution in [2.24, 2.45) is 7.05 Å². The normalized spacial score (nSPS) is 17.0. The zero-order valence-corrected chi connectivity index (χ0v) is 27.3. The van der Waals surface area contributed by atoms with Gasteiger partial charge in [-0.05, 0) is 103 Å². The zero-order valence-electron chi connectivity index (χ0n) is 25.7. The fourth-order valence-corrected chi connectivity index (χ4v) is 6.59. The molecule has 11 nitrogen and oxygen atoms in total. The number of hydrogen-bond donors (Lipinski definition) is 3. The number of likely N-dealkylation sites (tertiary alicyclic amines) is 1. The first-order valence-corrected chi connectivity index (χ1v) is 16.7. The number of ether oxygens (including phenoxy) is 1. The fraction of sp³-hybridized carbons (Fsp3) is 0.567. The number of hydrogen-bond acceptors (Lipinski definition) is 10. The van der Waals surface area contributed by atoms with Crippen molar-refractivity contribution in [3.63, 3.8) is 0 Å². The lowest BCUT2D eigenvalue weighted by atomic mass is 9.85. The smallest absolute Gasteiger partial charge is 0.229 e. The molecule has 13 heteroatoms. The third-order valence-corrected chi connectivity index (χ3v) is 10.7. The Morgan fingerprint density at radius 1 is 1.14 bits per heavy atom. The molecule has 3 N–H and O–H groups in total. The molecule has 1 aliphatic heterocycles. The van der Waals surface area contributed by atoms with Crippen LogP contribution in [0, 0.1) is 6.92 Å². The second-order valence-electron chi connectivity index (χ2n) is 12.5. The SMILES string of the molecule is Cc1cc(Nc2ncc(Cl)c(Nc3cn(C)nc3S(=O)(=O)C(C)C)n2)c(OC2CC2)cc1C1CCN(C(C)(C)CO)CC1. The highest BCUT2D eigenvalue weighted by Crippen LogP contribution is 2.41. The number of nitrogens with one attached hydrogen (secondary N) is 2. The first-order chi connectivity index (χ1) is 20.3. The summed E-state index contributed by atoms with van der Waals surface area (Å²) >= 11 is 6.44. The van der Waals surface area contributed by atoms with Crippen LogP contribution in [0.5, 0.6) is 5.75 Å². The van der Waals surface area contributed by atoms with Gasteiger partial charge in [0.05, 0.1) is 35.5 Å². The molecule has 0 spiro atoms. The Hall–Kier alpha value is -2.93. The van der Waals surface area contributed by atoms with Crippen LogP contribution in [0.1, 0.15) is 70.4 Å². The Balaban J connectivity index is 1.40. The first kappa shape index (κ1) is 31.5. The number of nitrogens with zero attached hydrogens (tertiary/aromatic N) is 5. The maximum absolute atomic E-state index is 12.9. The summed E-state index contributed by atoms with van der Waals surface area (Å²) in [4.78, 5) is 11.3. The van der Waals surface area contributed by atoms with E-state index in [0.717, 1.165) is 55.8 Å². The molecule has 1 aliphatic carbocycles. The molecule has 1 saturated heterocycles. The van der Waals surface area contributed by atoms with E-state index in [9.17, 15) is 13.5 Å². The van der Waals surface area contributed by atoms with Gasteiger partial charge >= 0.3 is 0 Å². The molecule has 0 bridgehead atoms. The summed E-state index contributed by atoms with van der Waals surface area (Å²) in [5.41, 5.74) is 3.25. The van der Waals surface area contributed by atoms with E-state index < -0.39 is 15.1 Å². The molecule has 3 aromatic rings. The van der Waals surface area contributed by atoms with Gasteiger partial charge in [0.2, 0.25) is 20.8 Å². The van der Waals surface area contributed by atoms with Crippen LogP contribution in [0.15, 0.2) is 29.6 Å². The number of benzene rings is 1. The molecule has 3 heterocycles. The minimum atomic E-state index is -3.65. The maximum atomic E-state index is 12.9. The summed E-state index contributed by atoms with van der Waals surface area (Å²) in [6.07, 6.45) is 7.32. The largest absolute Gasteiger partial charge is 0.488 e. The number of aliphatic hydroxyl groups excluding tert-OH is 1. The van der Waals surface area contributed by atoms with Crippen molar-refractivity contribution in [3.8, 4) is 5.75 Å². The Labute approximate surface area is 258 Å². The molecule has 43 heavy (non-hydrogen) atoms. The number of aromatic nitrogens is 4. The summed E-state index contributed by atoms with van der Waals surface area (Å²) in [5, 5.41) is 19.9. The van der Waals surface area contributed by atoms with Gasteiger partial charge in [0.1, 0.15) is 10.8 Å². The molecular formula is C30H42ClN7O4S. The summed E-state index contributed by atoms with van der Waals surface area (Å²) in [6, 6.07) is 4.23. The number of sulfone groups is 1. The highest BCUT2D eigenvalue weighted by molar-refractivity contribution is 7.92. The van der Waals surface area contributed by atoms with Crippen molar-refractivity contribution in [2.45, 2.75) is 88.1 Å². The van der Waals surface area contributed by atoms with Gasteiger partial charge in [-0.25, -0.2) is 13.4 Å². The summed E-state index contributed by atoms with van der Waals surface area (Å²) < 4.78 is 33.6. The predicted molar refractivity (Wildman–Crippen MR) is 169 cm³/mol. The van der Waals surface area contributed by atoms with Crippen LogP contribution in [0.2, 0.25) is 5.02 Å². The summed E-state index contributed by atoms with van der Waals surface area (Å²) in [5.74, 6) is 1.70. The number of aliphatic hydroxyl groups is 1. The molecule has 0 atom stereocenters. The third kappa shape index (κ3) is 6.92. The summed E-state index contributed by atoms with van der Waals surface area (Å²) in [6.45, 7) is 11.5. The lowest BCUT2D eigenvalue weighted by Gasteiger charge is -2.42. The van der Waals surface area contributed by atoms with Gasteiger partial charge < -0.3 is 20.5 Å². The van der Waals surface area contributed by atoms with Gasteiger partial charge in [-0.15, -0.1) is 0 Å². The molecule has 5 rings (SSSR count). The van der Waals surface area contributed by atoms with E-state index in [1.54, 1.807) is 27.1 Å². The Bertz CT molecular complexity index is 1580. The predicted octanol–water partition coefficient (Wildman–Crippen LogP) is 5.33. The van der Waals surface area contributed by atoms with Crippen LogP contribution >= 0.6 is 11.6 Å². The lowest BCUT2D eigenvalue weighted by molar-refractivity contribution is 0.0378. The van der Waals surface area contributed by atoms with E-state index in [4.69, 9.17) is 16.3 Å². The van der Waals surface area contributed by atoms with E-state index in [1.165, 1.54) is 16.4 Å². The average Bonchev–Trinajstić information content (AvgIpc) is 3.70. The molecule has 2 aliphatic rings. The van der Waals surface area contributed by atoms with Crippen LogP contribution in [0.25, 0.3) is 0 Å². The van der Waals surface area contributed by atoms with Gasteiger partial charge in [-0.1, -0.05) is 11.6 Å². The molecule has 2 aromatic heterocycles. The number of piperidine rings is 1. The highest BCUT2D eigenvalue weighted by atomic mass is 35.5. The molecule has 1 saturated carbocycles. The minimum absolute atomic E-state index is 0.0636. The van der Waals surface area contributed by atoms with Gasteiger partial charge in [-0.2, -0.15) is 10.1 Å². The van der Waals surface area contributed by atoms with Crippen molar-refractivity contribution < 1.29 is 18.3 Å². The molecule has 1 aromatic carbocycles. The quantitative estimate of drug-likeness (QED) is 0.255. The molecular weight excluding hydrogens is 590 g/mol. The summed E-state index contributed by atoms with van der Waals surface area (Å²) in [7, 11) is -1.99. The van der Waals surface area contributed by atoms with Crippen LogP contribution in [-0.2, 0) is 16.9 Å². The minimum Gasteiger partial charge on any atom is -0.488 e. The van der Waals surface area contributed by atoms with Crippen molar-refractivity contribution in [1.29, 1.82) is 0 Å². The average molecular weight is 632 g/mol. The fourth-order valence-electron chi connectivity index (χ4n) is 5.35. The third-order valence-electron chi connectivity index (χ3n) is 8.29. The van der Waals surface area contributed by atoms with Gasteiger partial charge in [0.15, 0.2) is 5.82 Å². The molecule has 234 valence electrons. The van der Waals surface area contributed by atoms with E-state index in [0.29, 0.717) is 5.92 Å². The van der Waals surface area contributed by atoms with Crippen molar-refractivity contribution >= 4 is 44.6 Å². The van der Waals surface area contributed by atoms with Crippen molar-refractivity contribution in [2.75, 3.05) is 30.3 Å². The van der Waals surface area contributed by atoms with Gasteiger partial charge in [0, 0.05) is 18.8 Å². The number of rotatable bonds is 11. The van der Waals surface area contributed by atoms with Crippen LogP contribution < -0.4 is 15.4 Å². The van der Waals surface area contributed by atoms with Gasteiger partial charge in [-0.3, -0.25) is 9.58 Å². The molecule has 0 unspecified atom stereocenters. The van der Waals surface area contributed by atoms with Crippen LogP contribution in [0.3, 0.4) is 0 Å². The lowest BCUT2D eigenvalue weighted by Crippen LogP contribution is -2.50. The topological polar surface area (TPSA) is 134 Å². The highest BCUT2D eigenvalue weighted by Gasteiger charge is 2.32. The second kappa shape index (κ2) is 12.2. The zero-order chi connectivity index (χ0) is 31.1. The van der Waals surface area contributed by atoms with E-state index in [1.807, 2.05) is 0 Å². The first-order valence-electron chi connectivity index (χ1n) is 14.8. The van der Waals surface area contributed by atoms with Crippen LogP contribution in [-0.4, -0.2) is 74.8 Å². The maximum Gasteiger partial charge on any atom is 0.229 e. The van der Waals surface area contributed by atoms with E-state index in [2.05, 4.69) is 63.5 Å². The molecule has 0 radical (unpaired) electrons. The number of halogens is 1. The Morgan fingerprint density at radius 2 is 1.84 bits per heavy atom. The molecule has 0 amide bonds. The standard InChI is InChI=1S/C30H42ClN7O4S/c1-18(2)43(40,41)28-25(16-37(6)36-28)33-27-23(31)15-32-29(35-27)34-24-13-19(3)22(14-26(24)42-21-7-8-21)20-9-11-38(12-10-20)30(4,5)17-39/h13-16,18,20-21,39H,7-12,17H2,1-6H3,(H2,32,33,34,35). The van der Waals surface area contributed by atoms with Crippen molar-refractivity contribution in [1.82, 2.24) is 24.6 Å². The Kier molecular flexibility index (Phi) is 8.95. The van der Waals surface area contributed by atoms with Crippen molar-refractivity contribution in [3.05, 3.63) is 40.7 Å². The monoisotopic (exact) mass is 631 g/mol. The molecule has 2 fully saturated rings. The number of anilines is 4. The van der Waals surface area contributed by atoms with Crippen LogP contribution in [0.4, 0.5) is 23.1 Å². The van der Waals surface area contributed by atoms with E-state index in [-0.39, 0.29) is 45.8 Å². The Morgan fingerprint density at radius 3 is 2.47 bits per heavy atom. The number of aryl methyl sites for hydroxylation is 2. The van der Waals surface area contributed by atoms with Gasteiger partial charge in [0.25, 0.3) is 0 Å². The second-order valence-corrected chi connectivity index (χ2v) is 15.3.